The first-order chi connectivity index (χ1) is 19.1. The summed E-state index contributed by atoms with van der Waals surface area (Å²) in [5.41, 5.74) is 5.57. The van der Waals surface area contributed by atoms with Crippen LogP contribution < -0.4 is 5.73 Å². The van der Waals surface area contributed by atoms with E-state index in [1.54, 1.807) is 0 Å². The smallest absolute Gasteiger partial charge is 0.306 e. The summed E-state index contributed by atoms with van der Waals surface area (Å²) < 4.78 is 5.86. The third kappa shape index (κ3) is 25.1. The summed E-state index contributed by atoms with van der Waals surface area (Å²) in [6.07, 6.45) is 26.8. The van der Waals surface area contributed by atoms with Gasteiger partial charge in [0.15, 0.2) is 0 Å². The highest BCUT2D eigenvalue weighted by molar-refractivity contribution is 8.13. The maximum absolute atomic E-state index is 12.6. The number of aldehydes is 1. The molecule has 0 aliphatic rings. The van der Waals surface area contributed by atoms with Crippen LogP contribution in [0.5, 0.6) is 0 Å². The van der Waals surface area contributed by atoms with Crippen LogP contribution in [0.4, 0.5) is 4.79 Å². The van der Waals surface area contributed by atoms with E-state index in [9.17, 15) is 14.4 Å². The van der Waals surface area contributed by atoms with Crippen molar-refractivity contribution in [1.82, 2.24) is 4.90 Å². The molecule has 0 heterocycles. The van der Waals surface area contributed by atoms with Gasteiger partial charge in [-0.1, -0.05) is 88.4 Å². The number of thioether (sulfide) groups is 1. The van der Waals surface area contributed by atoms with Crippen LogP contribution in [0.2, 0.25) is 0 Å². The molecule has 0 aromatic carbocycles. The first kappa shape index (κ1) is 37.4. The Hall–Kier alpha value is -1.60. The molecule has 0 radical (unpaired) electrons. The minimum atomic E-state index is -0.0837. The molecule has 0 saturated carbocycles. The van der Waals surface area contributed by atoms with Crippen LogP contribution in [0.1, 0.15) is 129 Å². The van der Waals surface area contributed by atoms with Crippen molar-refractivity contribution in [3.8, 4) is 0 Å². The van der Waals surface area contributed by atoms with Gasteiger partial charge in [-0.3, -0.25) is 9.59 Å². The Balaban J connectivity index is 4.36. The molecule has 0 aliphatic heterocycles. The summed E-state index contributed by atoms with van der Waals surface area (Å²) in [4.78, 5) is 37.5. The quantitative estimate of drug-likeness (QED) is 0.0465. The largest absolute Gasteiger partial charge is 0.462 e. The topological polar surface area (TPSA) is 89.7 Å². The Labute approximate surface area is 243 Å². The molecule has 39 heavy (non-hydrogen) atoms. The molecule has 2 N–H and O–H groups in total. The van der Waals surface area contributed by atoms with Crippen molar-refractivity contribution >= 4 is 29.3 Å². The van der Waals surface area contributed by atoms with Crippen LogP contribution >= 0.6 is 11.8 Å². The molecule has 0 spiro atoms. The van der Waals surface area contributed by atoms with Crippen molar-refractivity contribution in [2.75, 3.05) is 25.4 Å². The number of rotatable bonds is 27. The van der Waals surface area contributed by atoms with Crippen molar-refractivity contribution < 1.29 is 19.1 Å². The van der Waals surface area contributed by atoms with Gasteiger partial charge in [-0.25, -0.2) is 0 Å². The van der Waals surface area contributed by atoms with E-state index in [-0.39, 0.29) is 17.3 Å². The summed E-state index contributed by atoms with van der Waals surface area (Å²) in [6, 6.07) is 0. The number of hydrogen-bond acceptors (Lipinski definition) is 6. The summed E-state index contributed by atoms with van der Waals surface area (Å²) >= 11 is 1.30. The van der Waals surface area contributed by atoms with E-state index >= 15 is 0 Å². The number of nitrogens with two attached hydrogens (primary N) is 1. The molecule has 1 amide bonds. The average Bonchev–Trinajstić information content (AvgIpc) is 2.93. The highest BCUT2D eigenvalue weighted by atomic mass is 32.2. The van der Waals surface area contributed by atoms with Crippen LogP contribution in [0.25, 0.3) is 0 Å². The molecule has 0 saturated heterocycles. The fourth-order valence-corrected chi connectivity index (χ4v) is 4.87. The van der Waals surface area contributed by atoms with E-state index in [0.29, 0.717) is 25.1 Å². The summed E-state index contributed by atoms with van der Waals surface area (Å²) in [5, 5.41) is 0.108. The fraction of sp³-hybridized carbons (Fsp3) is 0.781. The normalized spacial score (nSPS) is 11.6. The highest BCUT2D eigenvalue weighted by Gasteiger charge is 2.15. The number of allylic oxidation sites excluding steroid dienone is 4. The van der Waals surface area contributed by atoms with Crippen LogP contribution in [-0.4, -0.2) is 53.9 Å². The van der Waals surface area contributed by atoms with Gasteiger partial charge in [-0.2, -0.15) is 0 Å². The van der Waals surface area contributed by atoms with Crippen LogP contribution in [0, 0.1) is 0 Å². The third-order valence-corrected chi connectivity index (χ3v) is 7.46. The van der Waals surface area contributed by atoms with Crippen LogP contribution in [-0.2, 0) is 14.3 Å². The lowest BCUT2D eigenvalue weighted by molar-refractivity contribution is -0.149. The van der Waals surface area contributed by atoms with Gasteiger partial charge in [0, 0.05) is 38.2 Å². The van der Waals surface area contributed by atoms with Crippen molar-refractivity contribution in [1.29, 1.82) is 0 Å². The van der Waals surface area contributed by atoms with E-state index < -0.39 is 0 Å². The predicted octanol–water partition coefficient (Wildman–Crippen LogP) is 8.39. The average molecular weight is 567 g/mol. The van der Waals surface area contributed by atoms with E-state index in [1.165, 1.54) is 11.8 Å². The van der Waals surface area contributed by atoms with Gasteiger partial charge in [-0.05, 0) is 64.2 Å². The number of esters is 1. The minimum Gasteiger partial charge on any atom is -0.462 e. The maximum atomic E-state index is 12.6. The second-order valence-electron chi connectivity index (χ2n) is 10.2. The van der Waals surface area contributed by atoms with E-state index in [0.717, 1.165) is 122 Å². The lowest BCUT2D eigenvalue weighted by Gasteiger charge is -2.22. The molecule has 0 unspecified atom stereocenters. The Kier molecular flexibility index (Phi) is 28.2. The lowest BCUT2D eigenvalue weighted by Crippen LogP contribution is -2.30. The zero-order valence-electron chi connectivity index (χ0n) is 25.1. The third-order valence-electron chi connectivity index (χ3n) is 6.51. The second kappa shape index (κ2) is 29.4. The molecule has 0 atom stereocenters. The zero-order valence-corrected chi connectivity index (χ0v) is 25.9. The van der Waals surface area contributed by atoms with E-state index in [2.05, 4.69) is 38.2 Å². The van der Waals surface area contributed by atoms with E-state index in [1.807, 2.05) is 4.90 Å². The minimum absolute atomic E-state index is 0.0147. The number of nitrogens with zero attached hydrogens (tertiary/aromatic N) is 1. The molecule has 6 nitrogen and oxygen atoms in total. The molecular formula is C32H58N2O4S. The van der Waals surface area contributed by atoms with E-state index in [4.69, 9.17) is 10.5 Å². The van der Waals surface area contributed by atoms with Crippen molar-refractivity contribution in [2.24, 2.45) is 5.73 Å². The molecule has 0 bridgehead atoms. The van der Waals surface area contributed by atoms with Crippen LogP contribution in [0.15, 0.2) is 24.3 Å². The highest BCUT2D eigenvalue weighted by Crippen LogP contribution is 2.16. The molecule has 7 heteroatoms. The monoisotopic (exact) mass is 566 g/mol. The summed E-state index contributed by atoms with van der Waals surface area (Å²) in [5.74, 6) is 0.557. The number of ether oxygens (including phenoxy) is 1. The van der Waals surface area contributed by atoms with Crippen molar-refractivity contribution in [2.45, 2.75) is 136 Å². The molecule has 0 aromatic heterocycles. The first-order valence-corrected chi connectivity index (χ1v) is 16.6. The number of carbonyl (C=O) groups is 3. The zero-order chi connectivity index (χ0) is 28.8. The van der Waals surface area contributed by atoms with Gasteiger partial charge >= 0.3 is 5.97 Å². The van der Waals surface area contributed by atoms with Gasteiger partial charge in [0.05, 0.1) is 0 Å². The molecule has 0 aromatic rings. The molecular weight excluding hydrogens is 508 g/mol. The van der Waals surface area contributed by atoms with Gasteiger partial charge in [0.2, 0.25) is 0 Å². The van der Waals surface area contributed by atoms with Gasteiger partial charge in [0.1, 0.15) is 12.4 Å². The predicted molar refractivity (Wildman–Crippen MR) is 167 cm³/mol. The SMILES string of the molecule is CCC/C=C/CCC(CC/C=C/CCC)OC(=O)CCCCCCN(CCCCCCC=O)C(=O)SCCN. The number of unbranched alkanes of at least 4 members (excludes halogenated alkanes) is 9. The molecule has 0 rings (SSSR count). The maximum Gasteiger partial charge on any atom is 0.306 e. The van der Waals surface area contributed by atoms with Crippen molar-refractivity contribution in [3.05, 3.63) is 24.3 Å². The summed E-state index contributed by atoms with van der Waals surface area (Å²) in [6.45, 7) is 6.35. The van der Waals surface area contributed by atoms with Crippen LogP contribution in [0.3, 0.4) is 0 Å². The Morgan fingerprint density at radius 1 is 0.769 bits per heavy atom. The Morgan fingerprint density at radius 2 is 1.31 bits per heavy atom. The Morgan fingerprint density at radius 3 is 1.85 bits per heavy atom. The second-order valence-corrected chi connectivity index (χ2v) is 11.3. The van der Waals surface area contributed by atoms with Crippen molar-refractivity contribution in [3.63, 3.8) is 0 Å². The molecule has 0 fully saturated rings. The van der Waals surface area contributed by atoms with Gasteiger partial charge < -0.3 is 20.2 Å². The number of carbonyl (C=O) groups excluding carboxylic acids is 3. The Bertz CT molecular complexity index is 634. The number of amides is 1. The molecule has 226 valence electrons. The lowest BCUT2D eigenvalue weighted by atomic mass is 10.1. The van der Waals surface area contributed by atoms with Gasteiger partial charge in [-0.15, -0.1) is 0 Å². The van der Waals surface area contributed by atoms with Gasteiger partial charge in [0.25, 0.3) is 5.24 Å². The fourth-order valence-electron chi connectivity index (χ4n) is 4.22. The standard InChI is InChI=1S/C32H58N2O4S/c1-3-5-7-10-16-22-30(23-17-11-8-6-4-2)38-31(36)24-18-12-14-20-27-34(32(37)39-29-25-33)26-19-13-9-15-21-28-35/h7-8,10-11,28,30H,3-6,9,12-27,29,33H2,1-2H3/b10-7+,11-8+. The molecule has 0 aliphatic carbocycles. The number of hydrogen-bond donors (Lipinski definition) is 1. The first-order valence-electron chi connectivity index (χ1n) is 15.6. The summed E-state index contributed by atoms with van der Waals surface area (Å²) in [7, 11) is 0.